The number of nitrogens with zero attached hydrogens (tertiary/aromatic N) is 2. The van der Waals surface area contributed by atoms with E-state index in [9.17, 15) is 14.4 Å². The Morgan fingerprint density at radius 2 is 2.11 bits per heavy atom. The molecule has 0 radical (unpaired) electrons. The predicted molar refractivity (Wildman–Crippen MR) is 68.4 cm³/mol. The Hall–Kier alpha value is -1.79. The molecule has 0 spiro atoms. The highest BCUT2D eigenvalue weighted by atomic mass is 16.4. The lowest BCUT2D eigenvalue weighted by atomic mass is 10.0. The summed E-state index contributed by atoms with van der Waals surface area (Å²) in [6, 6.07) is -0.195. The van der Waals surface area contributed by atoms with Gasteiger partial charge in [0.1, 0.15) is 6.54 Å². The Morgan fingerprint density at radius 1 is 1.42 bits per heavy atom. The van der Waals surface area contributed by atoms with E-state index in [1.807, 2.05) is 0 Å². The van der Waals surface area contributed by atoms with Gasteiger partial charge in [0.2, 0.25) is 5.91 Å². The molecule has 1 atom stereocenters. The van der Waals surface area contributed by atoms with Gasteiger partial charge in [0.05, 0.1) is 0 Å². The molecule has 0 aromatic heterocycles. The van der Waals surface area contributed by atoms with Crippen LogP contribution in [0, 0.1) is 5.92 Å². The SMILES string of the molecule is CCN(CC(N)=O)C(=O)N1CCC(CCC(=O)O)C1. The average Bonchev–Trinajstić information content (AvgIpc) is 2.81. The van der Waals surface area contributed by atoms with Crippen LogP contribution in [0.5, 0.6) is 0 Å². The van der Waals surface area contributed by atoms with Crippen molar-refractivity contribution >= 4 is 17.9 Å². The minimum Gasteiger partial charge on any atom is -0.481 e. The fourth-order valence-electron chi connectivity index (χ4n) is 2.27. The lowest BCUT2D eigenvalue weighted by Gasteiger charge is -2.26. The summed E-state index contributed by atoms with van der Waals surface area (Å²) in [7, 11) is 0. The van der Waals surface area contributed by atoms with Crippen LogP contribution in [-0.4, -0.2) is 59.0 Å². The number of carbonyl (C=O) groups excluding carboxylic acids is 2. The number of urea groups is 1. The van der Waals surface area contributed by atoms with Gasteiger partial charge in [-0.05, 0) is 25.7 Å². The number of hydrogen-bond donors (Lipinski definition) is 2. The van der Waals surface area contributed by atoms with Crippen molar-refractivity contribution in [1.29, 1.82) is 0 Å². The first kappa shape index (κ1) is 15.3. The monoisotopic (exact) mass is 271 g/mol. The quantitative estimate of drug-likeness (QED) is 0.715. The number of carboxylic acids is 1. The Bertz CT molecular complexity index is 359. The average molecular weight is 271 g/mol. The van der Waals surface area contributed by atoms with E-state index in [0.717, 1.165) is 6.42 Å². The minimum absolute atomic E-state index is 0.0778. The van der Waals surface area contributed by atoms with Crippen LogP contribution >= 0.6 is 0 Å². The van der Waals surface area contributed by atoms with E-state index in [-0.39, 0.29) is 24.9 Å². The van der Waals surface area contributed by atoms with Crippen molar-refractivity contribution in [2.24, 2.45) is 11.7 Å². The van der Waals surface area contributed by atoms with Gasteiger partial charge in [-0.1, -0.05) is 0 Å². The molecule has 3 N–H and O–H groups in total. The first-order valence-electron chi connectivity index (χ1n) is 6.48. The topological polar surface area (TPSA) is 104 Å². The van der Waals surface area contributed by atoms with Gasteiger partial charge < -0.3 is 20.6 Å². The van der Waals surface area contributed by atoms with E-state index >= 15 is 0 Å². The fourth-order valence-corrected chi connectivity index (χ4v) is 2.27. The number of primary amides is 1. The smallest absolute Gasteiger partial charge is 0.320 e. The van der Waals surface area contributed by atoms with Gasteiger partial charge in [-0.2, -0.15) is 0 Å². The molecule has 0 saturated carbocycles. The zero-order valence-corrected chi connectivity index (χ0v) is 11.2. The largest absolute Gasteiger partial charge is 0.481 e. The first-order chi connectivity index (χ1) is 8.93. The highest BCUT2D eigenvalue weighted by Gasteiger charge is 2.29. The molecule has 1 saturated heterocycles. The molecule has 0 aromatic rings. The van der Waals surface area contributed by atoms with E-state index in [0.29, 0.717) is 26.1 Å². The molecule has 1 aliphatic rings. The molecule has 0 bridgehead atoms. The number of carboxylic acid groups (broad SMARTS) is 1. The summed E-state index contributed by atoms with van der Waals surface area (Å²) in [6.45, 7) is 3.31. The molecule has 108 valence electrons. The zero-order valence-electron chi connectivity index (χ0n) is 11.2. The molecule has 1 aliphatic heterocycles. The molecular formula is C12H21N3O4. The Labute approximate surface area is 112 Å². The highest BCUT2D eigenvalue weighted by Crippen LogP contribution is 2.22. The standard InChI is InChI=1S/C12H21N3O4/c1-2-14(8-10(13)16)12(19)15-6-5-9(7-15)3-4-11(17)18/h9H,2-8H2,1H3,(H2,13,16)(H,17,18). The van der Waals surface area contributed by atoms with Crippen LogP contribution in [0.1, 0.15) is 26.2 Å². The first-order valence-corrected chi connectivity index (χ1v) is 6.48. The molecule has 0 aromatic carbocycles. The Kier molecular flexibility index (Phi) is 5.59. The van der Waals surface area contributed by atoms with Gasteiger partial charge in [0.25, 0.3) is 0 Å². The number of hydrogen-bond acceptors (Lipinski definition) is 3. The van der Waals surface area contributed by atoms with E-state index in [1.165, 1.54) is 4.90 Å². The van der Waals surface area contributed by atoms with Crippen LogP contribution in [0.25, 0.3) is 0 Å². The van der Waals surface area contributed by atoms with Crippen LogP contribution in [-0.2, 0) is 9.59 Å². The molecule has 7 nitrogen and oxygen atoms in total. The second kappa shape index (κ2) is 6.96. The molecule has 3 amide bonds. The van der Waals surface area contributed by atoms with E-state index in [2.05, 4.69) is 0 Å². The molecule has 7 heteroatoms. The lowest BCUT2D eigenvalue weighted by molar-refractivity contribution is -0.137. The summed E-state index contributed by atoms with van der Waals surface area (Å²) in [4.78, 5) is 36.6. The normalized spacial score (nSPS) is 18.4. The maximum atomic E-state index is 12.1. The van der Waals surface area contributed by atoms with E-state index < -0.39 is 11.9 Å². The van der Waals surface area contributed by atoms with E-state index in [4.69, 9.17) is 10.8 Å². The predicted octanol–water partition coefficient (Wildman–Crippen LogP) is 0.100. The van der Waals surface area contributed by atoms with Crippen LogP contribution < -0.4 is 5.73 Å². The number of likely N-dealkylation sites (N-methyl/N-ethyl adjacent to an activating group) is 1. The summed E-state index contributed by atoms with van der Waals surface area (Å²) in [5.41, 5.74) is 5.10. The third-order valence-electron chi connectivity index (χ3n) is 3.32. The molecule has 1 fully saturated rings. The van der Waals surface area contributed by atoms with Crippen molar-refractivity contribution in [2.75, 3.05) is 26.2 Å². The molecule has 19 heavy (non-hydrogen) atoms. The van der Waals surface area contributed by atoms with Crippen molar-refractivity contribution < 1.29 is 19.5 Å². The summed E-state index contributed by atoms with van der Waals surface area (Å²) < 4.78 is 0. The summed E-state index contributed by atoms with van der Waals surface area (Å²) in [5.74, 6) is -1.11. The Balaban J connectivity index is 2.46. The van der Waals surface area contributed by atoms with Gasteiger partial charge >= 0.3 is 12.0 Å². The number of rotatable bonds is 6. The maximum absolute atomic E-state index is 12.1. The zero-order chi connectivity index (χ0) is 14.4. The summed E-state index contributed by atoms with van der Waals surface area (Å²) >= 11 is 0. The van der Waals surface area contributed by atoms with Gasteiger partial charge in [0.15, 0.2) is 0 Å². The fraction of sp³-hybridized carbons (Fsp3) is 0.750. The number of likely N-dealkylation sites (tertiary alicyclic amines) is 1. The minimum atomic E-state index is -0.811. The molecule has 0 aliphatic carbocycles. The third-order valence-corrected chi connectivity index (χ3v) is 3.32. The molecule has 1 unspecified atom stereocenters. The Morgan fingerprint density at radius 3 is 2.63 bits per heavy atom. The van der Waals surface area contributed by atoms with Gasteiger partial charge in [-0.15, -0.1) is 0 Å². The lowest BCUT2D eigenvalue weighted by Crippen LogP contribution is -2.45. The van der Waals surface area contributed by atoms with Crippen molar-refractivity contribution in [1.82, 2.24) is 9.80 Å². The van der Waals surface area contributed by atoms with Gasteiger partial charge in [0, 0.05) is 26.1 Å². The van der Waals surface area contributed by atoms with Crippen molar-refractivity contribution in [3.8, 4) is 0 Å². The molecular weight excluding hydrogens is 250 g/mol. The second-order valence-corrected chi connectivity index (χ2v) is 4.80. The summed E-state index contributed by atoms with van der Waals surface area (Å²) in [5, 5.41) is 8.63. The number of amides is 3. The van der Waals surface area contributed by atoms with Gasteiger partial charge in [-0.3, -0.25) is 9.59 Å². The number of aliphatic carboxylic acids is 1. The van der Waals surface area contributed by atoms with Crippen LogP contribution in [0.2, 0.25) is 0 Å². The van der Waals surface area contributed by atoms with Crippen molar-refractivity contribution in [2.45, 2.75) is 26.2 Å². The van der Waals surface area contributed by atoms with Crippen LogP contribution in [0.3, 0.4) is 0 Å². The number of carbonyl (C=O) groups is 3. The van der Waals surface area contributed by atoms with E-state index in [1.54, 1.807) is 11.8 Å². The second-order valence-electron chi connectivity index (χ2n) is 4.80. The van der Waals surface area contributed by atoms with Crippen LogP contribution in [0.15, 0.2) is 0 Å². The maximum Gasteiger partial charge on any atom is 0.320 e. The van der Waals surface area contributed by atoms with Gasteiger partial charge in [-0.25, -0.2) is 4.79 Å². The highest BCUT2D eigenvalue weighted by molar-refractivity contribution is 5.83. The molecule has 1 rings (SSSR count). The molecule has 1 heterocycles. The number of nitrogens with two attached hydrogens (primary N) is 1. The van der Waals surface area contributed by atoms with Crippen LogP contribution in [0.4, 0.5) is 4.79 Å². The van der Waals surface area contributed by atoms with Crippen molar-refractivity contribution in [3.63, 3.8) is 0 Å². The van der Waals surface area contributed by atoms with Crippen molar-refractivity contribution in [3.05, 3.63) is 0 Å². The summed E-state index contributed by atoms with van der Waals surface area (Å²) in [6.07, 6.45) is 1.53. The third kappa shape index (κ3) is 4.76.